The molecule has 0 aromatic rings. The first kappa shape index (κ1) is 33.9. The molecule has 0 aliphatic heterocycles. The van der Waals surface area contributed by atoms with Crippen LogP contribution in [0.15, 0.2) is 0 Å². The Bertz CT molecular complexity index is 356. The first-order valence-electron chi connectivity index (χ1n) is 8.66. The van der Waals surface area contributed by atoms with Crippen LogP contribution in [0.1, 0.15) is 96.8 Å². The number of carboxylic acid groups (broad SMARTS) is 1. The Morgan fingerprint density at radius 1 is 0.720 bits per heavy atom. The van der Waals surface area contributed by atoms with Crippen LogP contribution in [0.2, 0.25) is 0 Å². The zero-order chi connectivity index (χ0) is 18.0. The Morgan fingerprint density at radius 3 is 1.20 bits per heavy atom. The van der Waals surface area contributed by atoms with Gasteiger partial charge in [-0.3, -0.25) is 13.2 Å². The van der Waals surface area contributed by atoms with E-state index < -0.39 is 16.4 Å². The topological polar surface area (TPSA) is 118 Å². The molecule has 0 heterocycles. The van der Waals surface area contributed by atoms with Crippen LogP contribution < -0.4 is 59.1 Å². The minimum absolute atomic E-state index is 0. The fourth-order valence-electron chi connectivity index (χ4n) is 2.29. The van der Waals surface area contributed by atoms with E-state index in [1.807, 2.05) is 0 Å². The van der Waals surface area contributed by atoms with Gasteiger partial charge in [0.25, 0.3) is 0 Å². The van der Waals surface area contributed by atoms with Gasteiger partial charge in [-0.2, -0.15) is 0 Å². The third kappa shape index (κ3) is 51.7. The van der Waals surface area contributed by atoms with Gasteiger partial charge >= 0.3 is 65.1 Å². The molecule has 0 saturated carbocycles. The molecule has 0 aliphatic carbocycles. The summed E-state index contributed by atoms with van der Waals surface area (Å²) in [7, 11) is -5.17. The summed E-state index contributed by atoms with van der Waals surface area (Å²) in [5.41, 5.74) is 0. The summed E-state index contributed by atoms with van der Waals surface area (Å²) in [4.78, 5) is 10.3. The van der Waals surface area contributed by atoms with Crippen molar-refractivity contribution in [3.63, 3.8) is 0 Å². The van der Waals surface area contributed by atoms with Gasteiger partial charge in [-0.1, -0.05) is 84.0 Å². The molecule has 140 valence electrons. The summed E-state index contributed by atoms with van der Waals surface area (Å²) in [5.74, 6) is -0.655. The Balaban J connectivity index is -0.000000276. The van der Waals surface area contributed by atoms with E-state index in [-0.39, 0.29) is 59.1 Å². The molecule has 0 atom stereocenters. The molecule has 6 nitrogen and oxygen atoms in total. The zero-order valence-corrected chi connectivity index (χ0v) is 21.1. The van der Waals surface area contributed by atoms with Crippen LogP contribution >= 0.6 is 0 Å². The Labute approximate surface area is 198 Å². The van der Waals surface area contributed by atoms with Crippen molar-refractivity contribution in [2.45, 2.75) is 96.8 Å². The molecule has 0 fully saturated rings. The fourth-order valence-corrected chi connectivity index (χ4v) is 2.29. The second kappa shape index (κ2) is 25.3. The summed E-state index contributed by atoms with van der Waals surface area (Å²) in [6.07, 6.45) is 17.3. The number of aliphatic carboxylic acids is 1. The minimum atomic E-state index is -5.17. The van der Waals surface area contributed by atoms with Crippen molar-refractivity contribution >= 4 is 16.4 Å². The van der Waals surface area contributed by atoms with Gasteiger partial charge in [-0.15, -0.1) is 0 Å². The molecule has 0 aromatic carbocycles. The van der Waals surface area contributed by atoms with E-state index in [0.717, 1.165) is 12.8 Å². The van der Waals surface area contributed by atoms with E-state index in [0.29, 0.717) is 6.42 Å². The van der Waals surface area contributed by atoms with Gasteiger partial charge in [0.2, 0.25) is 0 Å². The molecular formula is C16H32Na2O6S. The second-order valence-corrected chi connectivity index (χ2v) is 6.61. The van der Waals surface area contributed by atoms with Gasteiger partial charge in [0.05, 0.1) is 0 Å². The number of carbonyl (C=O) groups is 1. The largest absolute Gasteiger partial charge is 1.00 e. The molecule has 0 saturated heterocycles. The molecule has 1 N–H and O–H groups in total. The minimum Gasteiger partial charge on any atom is -0.759 e. The number of hydrogen-bond donors (Lipinski definition) is 1. The Morgan fingerprint density at radius 2 is 0.960 bits per heavy atom. The quantitative estimate of drug-likeness (QED) is 0.160. The van der Waals surface area contributed by atoms with Gasteiger partial charge in [0.15, 0.2) is 0 Å². The standard InChI is InChI=1S/C16H32O2.2Na.H2O4S/c1-2-3-4-5-6-7-8-9-10-11-12-13-14-15-16(17)18;;;1-5(2,3)4/h2-15H2,1H3,(H,17,18);;;(H2,1,2,3,4)/q;2*+1;/p-2. The zero-order valence-electron chi connectivity index (χ0n) is 16.3. The molecule has 0 radical (unpaired) electrons. The molecular weight excluding hydrogens is 366 g/mol. The van der Waals surface area contributed by atoms with Crippen LogP contribution in [0.5, 0.6) is 0 Å². The fraction of sp³-hybridized carbons (Fsp3) is 0.938. The average Bonchev–Trinajstić information content (AvgIpc) is 2.42. The van der Waals surface area contributed by atoms with E-state index in [2.05, 4.69) is 6.92 Å². The monoisotopic (exact) mass is 398 g/mol. The van der Waals surface area contributed by atoms with Gasteiger partial charge in [0, 0.05) is 16.8 Å². The summed E-state index contributed by atoms with van der Waals surface area (Å²) in [6.45, 7) is 2.26. The van der Waals surface area contributed by atoms with E-state index in [9.17, 15) is 4.79 Å². The number of unbranched alkanes of at least 4 members (excludes halogenated alkanes) is 12. The third-order valence-corrected chi connectivity index (χ3v) is 3.49. The average molecular weight is 398 g/mol. The smallest absolute Gasteiger partial charge is 0.759 e. The predicted octanol–water partition coefficient (Wildman–Crippen LogP) is -1.78. The maximum absolute atomic E-state index is 10.3. The van der Waals surface area contributed by atoms with Crippen LogP contribution in [-0.2, 0) is 15.2 Å². The normalized spacial score (nSPS) is 10.0. The van der Waals surface area contributed by atoms with Crippen LogP contribution in [0, 0.1) is 0 Å². The van der Waals surface area contributed by atoms with E-state index >= 15 is 0 Å². The third-order valence-electron chi connectivity index (χ3n) is 3.49. The van der Waals surface area contributed by atoms with Gasteiger partial charge in [-0.05, 0) is 6.42 Å². The second-order valence-electron chi connectivity index (χ2n) is 5.79. The first-order valence-corrected chi connectivity index (χ1v) is 9.99. The summed E-state index contributed by atoms with van der Waals surface area (Å²) < 4.78 is 34.1. The van der Waals surface area contributed by atoms with Crippen molar-refractivity contribution < 1.29 is 86.5 Å². The SMILES string of the molecule is CCCCCCCCCCCCCCCC(=O)O.O=S(=O)([O-])[O-].[Na+].[Na+]. The van der Waals surface area contributed by atoms with Crippen molar-refractivity contribution in [1.29, 1.82) is 0 Å². The van der Waals surface area contributed by atoms with Gasteiger partial charge in [-0.25, -0.2) is 0 Å². The molecule has 25 heavy (non-hydrogen) atoms. The van der Waals surface area contributed by atoms with Crippen molar-refractivity contribution in [2.75, 3.05) is 0 Å². The van der Waals surface area contributed by atoms with Crippen LogP contribution in [-0.4, -0.2) is 28.6 Å². The first-order chi connectivity index (χ1) is 10.8. The van der Waals surface area contributed by atoms with E-state index in [1.165, 1.54) is 70.6 Å². The summed E-state index contributed by atoms with van der Waals surface area (Å²) in [6, 6.07) is 0. The van der Waals surface area contributed by atoms with Crippen molar-refractivity contribution in [2.24, 2.45) is 0 Å². The molecule has 0 aliphatic rings. The molecule has 0 aromatic heterocycles. The molecule has 0 unspecified atom stereocenters. The van der Waals surface area contributed by atoms with Crippen molar-refractivity contribution in [3.05, 3.63) is 0 Å². The Kier molecular flexibility index (Phi) is 34.4. The van der Waals surface area contributed by atoms with Crippen molar-refractivity contribution in [3.8, 4) is 0 Å². The number of hydrogen-bond acceptors (Lipinski definition) is 5. The predicted molar refractivity (Wildman–Crippen MR) is 88.4 cm³/mol. The molecule has 9 heteroatoms. The van der Waals surface area contributed by atoms with Crippen LogP contribution in [0.3, 0.4) is 0 Å². The van der Waals surface area contributed by atoms with E-state index in [1.54, 1.807) is 0 Å². The molecule has 0 amide bonds. The summed E-state index contributed by atoms with van der Waals surface area (Å²) >= 11 is 0. The maximum atomic E-state index is 10.3. The molecule has 0 spiro atoms. The maximum Gasteiger partial charge on any atom is 1.00 e. The molecule has 0 rings (SSSR count). The number of carboxylic acids is 1. The Hall–Kier alpha value is 1.34. The van der Waals surface area contributed by atoms with Crippen molar-refractivity contribution in [1.82, 2.24) is 0 Å². The van der Waals surface area contributed by atoms with Gasteiger partial charge in [0.1, 0.15) is 0 Å². The van der Waals surface area contributed by atoms with Crippen LogP contribution in [0.25, 0.3) is 0 Å². The van der Waals surface area contributed by atoms with Crippen LogP contribution in [0.4, 0.5) is 0 Å². The number of rotatable bonds is 14. The van der Waals surface area contributed by atoms with E-state index in [4.69, 9.17) is 22.6 Å². The summed E-state index contributed by atoms with van der Waals surface area (Å²) in [5, 5.41) is 8.49. The molecule has 0 bridgehead atoms. The van der Waals surface area contributed by atoms with Gasteiger partial charge < -0.3 is 14.2 Å².